The minimum atomic E-state index is -0.205. The molecule has 2 unspecified atom stereocenters. The van der Waals surface area contributed by atoms with Crippen molar-refractivity contribution in [3.63, 3.8) is 0 Å². The molecule has 0 N–H and O–H groups in total. The average Bonchev–Trinajstić information content (AvgIpc) is 3.06. The van der Waals surface area contributed by atoms with Gasteiger partial charge in [0.25, 0.3) is 0 Å². The van der Waals surface area contributed by atoms with Crippen LogP contribution < -0.4 is 0 Å². The van der Waals surface area contributed by atoms with Gasteiger partial charge in [0.1, 0.15) is 11.5 Å². The molecule has 5 nitrogen and oxygen atoms in total. The minimum absolute atomic E-state index is 0.205. The molecule has 1 amide bonds. The zero-order valence-electron chi connectivity index (χ0n) is 12.7. The van der Waals surface area contributed by atoms with Gasteiger partial charge in [-0.25, -0.2) is 0 Å². The van der Waals surface area contributed by atoms with Crippen molar-refractivity contribution >= 4 is 12.0 Å². The summed E-state index contributed by atoms with van der Waals surface area (Å²) in [5.74, 6) is 2.62. The lowest BCUT2D eigenvalue weighted by molar-refractivity contribution is -0.125. The smallest absolute Gasteiger partial charge is 0.246 e. The molecule has 2 rings (SSSR count). The number of hydrogen-bond acceptors (Lipinski definition) is 4. The predicted molar refractivity (Wildman–Crippen MR) is 81.3 cm³/mol. The van der Waals surface area contributed by atoms with Crippen molar-refractivity contribution in [3.8, 4) is 12.1 Å². The van der Waals surface area contributed by atoms with E-state index >= 15 is 0 Å². The molecule has 0 saturated heterocycles. The molecular weight excluding hydrogens is 278 g/mol. The first kappa shape index (κ1) is 15.9. The highest BCUT2D eigenvalue weighted by molar-refractivity contribution is 5.91. The van der Waals surface area contributed by atoms with Gasteiger partial charge in [0, 0.05) is 25.1 Å². The molecule has 22 heavy (non-hydrogen) atoms. The number of carbonyl (C=O) groups excluding carboxylic acids is 1. The third-order valence-electron chi connectivity index (χ3n) is 3.81. The third kappa shape index (κ3) is 4.23. The van der Waals surface area contributed by atoms with Gasteiger partial charge in [0.15, 0.2) is 0 Å². The molecule has 1 aromatic heterocycles. The summed E-state index contributed by atoms with van der Waals surface area (Å²) < 4.78 is 5.71. The second-order valence-corrected chi connectivity index (χ2v) is 5.53. The molecule has 1 fully saturated rings. The Morgan fingerprint density at radius 2 is 2.00 bits per heavy atom. The summed E-state index contributed by atoms with van der Waals surface area (Å²) in [7, 11) is 0. The molecule has 1 saturated carbocycles. The van der Waals surface area contributed by atoms with Crippen molar-refractivity contribution in [1.82, 2.24) is 4.90 Å². The molecular formula is C17H19N3O2. The van der Waals surface area contributed by atoms with Crippen molar-refractivity contribution in [2.24, 2.45) is 5.92 Å². The SMILES string of the molecule is CC1CC1c1ccc(/C=C/C(=O)N(CCC#N)CCC#N)o1. The summed E-state index contributed by atoms with van der Waals surface area (Å²) in [6.45, 7) is 2.86. The molecule has 0 radical (unpaired) electrons. The Morgan fingerprint density at radius 1 is 1.36 bits per heavy atom. The maximum absolute atomic E-state index is 12.1. The summed E-state index contributed by atoms with van der Waals surface area (Å²) in [5, 5.41) is 17.3. The van der Waals surface area contributed by atoms with Crippen molar-refractivity contribution in [2.75, 3.05) is 13.1 Å². The van der Waals surface area contributed by atoms with Gasteiger partial charge in [-0.15, -0.1) is 0 Å². The second kappa shape index (κ2) is 7.47. The Morgan fingerprint density at radius 3 is 2.55 bits per heavy atom. The quantitative estimate of drug-likeness (QED) is 0.724. The van der Waals surface area contributed by atoms with E-state index in [-0.39, 0.29) is 18.7 Å². The summed E-state index contributed by atoms with van der Waals surface area (Å²) in [6.07, 6.45) is 4.76. The summed E-state index contributed by atoms with van der Waals surface area (Å²) >= 11 is 0. The van der Waals surface area contributed by atoms with Gasteiger partial charge >= 0.3 is 0 Å². The second-order valence-electron chi connectivity index (χ2n) is 5.53. The Hall–Kier alpha value is -2.53. The molecule has 0 bridgehead atoms. The number of nitriles is 2. The van der Waals surface area contributed by atoms with Gasteiger partial charge < -0.3 is 9.32 Å². The van der Waals surface area contributed by atoms with Crippen LogP contribution in [0.2, 0.25) is 0 Å². The van der Waals surface area contributed by atoms with Gasteiger partial charge in [-0.05, 0) is 30.5 Å². The van der Waals surface area contributed by atoms with Crippen LogP contribution in [0.15, 0.2) is 22.6 Å². The van der Waals surface area contributed by atoms with Gasteiger partial charge in [0.2, 0.25) is 5.91 Å². The van der Waals surface area contributed by atoms with Crippen molar-refractivity contribution < 1.29 is 9.21 Å². The maximum atomic E-state index is 12.1. The van der Waals surface area contributed by atoms with Crippen LogP contribution in [-0.4, -0.2) is 23.9 Å². The van der Waals surface area contributed by atoms with Crippen molar-refractivity contribution in [3.05, 3.63) is 29.7 Å². The molecule has 1 aromatic rings. The van der Waals surface area contributed by atoms with Crippen molar-refractivity contribution in [1.29, 1.82) is 10.5 Å². The molecule has 0 aliphatic heterocycles. The first-order valence-electron chi connectivity index (χ1n) is 7.46. The van der Waals surface area contributed by atoms with Crippen molar-refractivity contribution in [2.45, 2.75) is 32.1 Å². The molecule has 0 spiro atoms. The van der Waals surface area contributed by atoms with E-state index in [4.69, 9.17) is 14.9 Å². The van der Waals surface area contributed by atoms with E-state index in [0.717, 1.165) is 12.2 Å². The van der Waals surface area contributed by atoms with Crippen LogP contribution in [0.4, 0.5) is 0 Å². The molecule has 0 aromatic carbocycles. The normalized spacial score (nSPS) is 19.6. The molecule has 5 heteroatoms. The Kier molecular flexibility index (Phi) is 5.38. The number of carbonyl (C=O) groups is 1. The highest BCUT2D eigenvalue weighted by Crippen LogP contribution is 2.47. The lowest BCUT2D eigenvalue weighted by atomic mass is 10.3. The number of amides is 1. The highest BCUT2D eigenvalue weighted by Gasteiger charge is 2.36. The lowest BCUT2D eigenvalue weighted by Gasteiger charge is -2.18. The average molecular weight is 297 g/mol. The van der Waals surface area contributed by atoms with Crippen LogP contribution in [0.1, 0.15) is 43.6 Å². The fourth-order valence-electron chi connectivity index (χ4n) is 2.34. The monoisotopic (exact) mass is 297 g/mol. The van der Waals surface area contributed by atoms with E-state index in [1.54, 1.807) is 6.08 Å². The number of rotatable bonds is 7. The summed E-state index contributed by atoms with van der Waals surface area (Å²) in [4.78, 5) is 13.6. The Labute approximate surface area is 130 Å². The summed E-state index contributed by atoms with van der Waals surface area (Å²) in [5.41, 5.74) is 0. The molecule has 2 atom stereocenters. The van der Waals surface area contributed by atoms with Gasteiger partial charge in [-0.3, -0.25) is 4.79 Å². The largest absolute Gasteiger partial charge is 0.461 e. The van der Waals surface area contributed by atoms with Crippen LogP contribution in [0.5, 0.6) is 0 Å². The molecule has 114 valence electrons. The van der Waals surface area contributed by atoms with Gasteiger partial charge in [-0.1, -0.05) is 6.92 Å². The van der Waals surface area contributed by atoms with Gasteiger partial charge in [0.05, 0.1) is 25.0 Å². The van der Waals surface area contributed by atoms with Crippen LogP contribution in [0.3, 0.4) is 0 Å². The Balaban J connectivity index is 1.94. The van der Waals surface area contributed by atoms with E-state index in [9.17, 15) is 4.79 Å². The van der Waals surface area contributed by atoms with Crippen LogP contribution in [0.25, 0.3) is 6.08 Å². The van der Waals surface area contributed by atoms with E-state index in [0.29, 0.717) is 30.7 Å². The molecule has 1 heterocycles. The predicted octanol–water partition coefficient (Wildman–Crippen LogP) is 3.07. The first-order chi connectivity index (χ1) is 10.7. The zero-order valence-corrected chi connectivity index (χ0v) is 12.7. The first-order valence-corrected chi connectivity index (χ1v) is 7.46. The van der Waals surface area contributed by atoms with Crippen LogP contribution >= 0.6 is 0 Å². The van der Waals surface area contributed by atoms with E-state index in [2.05, 4.69) is 6.92 Å². The lowest BCUT2D eigenvalue weighted by Crippen LogP contribution is -2.31. The fraction of sp³-hybridized carbons (Fsp3) is 0.471. The standard InChI is InChI=1S/C17H19N3O2/c1-13-12-15(13)16-6-4-14(22-16)5-7-17(21)20(10-2-8-18)11-3-9-19/h4-7,13,15H,2-3,10-12H2,1H3/b7-5+. The van der Waals surface area contributed by atoms with E-state index in [1.807, 2.05) is 24.3 Å². The van der Waals surface area contributed by atoms with Gasteiger partial charge in [-0.2, -0.15) is 10.5 Å². The fourth-order valence-corrected chi connectivity index (χ4v) is 2.34. The number of hydrogen-bond donors (Lipinski definition) is 0. The van der Waals surface area contributed by atoms with E-state index < -0.39 is 0 Å². The maximum Gasteiger partial charge on any atom is 0.246 e. The van der Waals surface area contributed by atoms with E-state index in [1.165, 1.54) is 11.0 Å². The molecule has 1 aliphatic carbocycles. The topological polar surface area (TPSA) is 81.0 Å². The Bertz CT molecular complexity index is 615. The number of furan rings is 1. The summed E-state index contributed by atoms with van der Waals surface area (Å²) in [6, 6.07) is 7.84. The minimum Gasteiger partial charge on any atom is -0.461 e. The molecule has 1 aliphatic rings. The zero-order chi connectivity index (χ0) is 15.9. The third-order valence-corrected chi connectivity index (χ3v) is 3.81. The number of nitrogens with zero attached hydrogens (tertiary/aromatic N) is 3. The van der Waals surface area contributed by atoms with Crippen LogP contribution in [-0.2, 0) is 4.79 Å². The highest BCUT2D eigenvalue weighted by atomic mass is 16.3. The van der Waals surface area contributed by atoms with Crippen LogP contribution in [0, 0.1) is 28.6 Å².